The third-order valence-electron chi connectivity index (χ3n) is 5.71. The van der Waals surface area contributed by atoms with Crippen molar-refractivity contribution < 1.29 is 13.2 Å². The number of sulfonamides is 1. The van der Waals surface area contributed by atoms with Crippen LogP contribution in [0.15, 0.2) is 54.6 Å². The monoisotopic (exact) mass is 416 g/mol. The molecule has 0 saturated heterocycles. The minimum atomic E-state index is -3.19. The average Bonchev–Trinajstić information content (AvgIpc) is 2.74. The number of benzene rings is 2. The molecule has 0 radical (unpaired) electrons. The lowest BCUT2D eigenvalue weighted by molar-refractivity contribution is 0.323. The molecule has 29 heavy (non-hydrogen) atoms. The first-order valence-corrected chi connectivity index (χ1v) is 12.1. The Morgan fingerprint density at radius 1 is 0.966 bits per heavy atom. The highest BCUT2D eigenvalue weighted by Crippen LogP contribution is 2.27. The van der Waals surface area contributed by atoms with E-state index >= 15 is 0 Å². The van der Waals surface area contributed by atoms with Crippen LogP contribution in [0.4, 0.5) is 5.69 Å². The zero-order chi connectivity index (χ0) is 20.7. The van der Waals surface area contributed by atoms with Crippen molar-refractivity contribution in [1.82, 2.24) is 4.72 Å². The van der Waals surface area contributed by atoms with E-state index in [0.717, 1.165) is 49.4 Å². The van der Waals surface area contributed by atoms with E-state index in [2.05, 4.69) is 10.0 Å². The van der Waals surface area contributed by atoms with Crippen molar-refractivity contribution in [3.05, 3.63) is 54.6 Å². The van der Waals surface area contributed by atoms with Crippen LogP contribution in [0.25, 0.3) is 0 Å². The highest BCUT2D eigenvalue weighted by atomic mass is 32.2. The lowest BCUT2D eigenvalue weighted by atomic mass is 9.86. The number of anilines is 1. The minimum Gasteiger partial charge on any atom is -0.457 e. The Morgan fingerprint density at radius 2 is 1.59 bits per heavy atom. The van der Waals surface area contributed by atoms with Crippen molar-refractivity contribution in [3.8, 4) is 11.5 Å². The second kappa shape index (κ2) is 10.1. The number of ether oxygens (including phenoxy) is 1. The van der Waals surface area contributed by atoms with E-state index in [0.29, 0.717) is 12.3 Å². The Kier molecular flexibility index (Phi) is 7.56. The van der Waals surface area contributed by atoms with Gasteiger partial charge in [0.15, 0.2) is 0 Å². The highest BCUT2D eigenvalue weighted by Gasteiger charge is 2.27. The first kappa shape index (κ1) is 21.7. The molecular weight excluding hydrogens is 384 g/mol. The zero-order valence-corrected chi connectivity index (χ0v) is 18.1. The van der Waals surface area contributed by atoms with Crippen LogP contribution in [0, 0.1) is 5.92 Å². The van der Waals surface area contributed by atoms with Crippen LogP contribution in [0.3, 0.4) is 0 Å². The second-order valence-corrected chi connectivity index (χ2v) is 10.1. The summed E-state index contributed by atoms with van der Waals surface area (Å²) < 4.78 is 33.2. The molecular formula is C23H32N2O3S. The van der Waals surface area contributed by atoms with Gasteiger partial charge in [0.05, 0.1) is 5.25 Å². The fourth-order valence-corrected chi connectivity index (χ4v) is 4.95. The molecule has 2 aromatic rings. The van der Waals surface area contributed by atoms with Gasteiger partial charge in [0.1, 0.15) is 11.5 Å². The summed E-state index contributed by atoms with van der Waals surface area (Å²) in [6.07, 6.45) is 4.54. The molecule has 1 unspecified atom stereocenters. The Hall–Kier alpha value is -2.05. The van der Waals surface area contributed by atoms with Gasteiger partial charge in [-0.05, 0) is 81.3 Å². The molecule has 1 aliphatic rings. The summed E-state index contributed by atoms with van der Waals surface area (Å²) in [5.41, 5.74) is 1.07. The van der Waals surface area contributed by atoms with Crippen molar-refractivity contribution in [3.63, 3.8) is 0 Å². The van der Waals surface area contributed by atoms with Crippen LogP contribution < -0.4 is 14.8 Å². The zero-order valence-electron chi connectivity index (χ0n) is 17.3. The van der Waals surface area contributed by atoms with Crippen molar-refractivity contribution in [1.29, 1.82) is 0 Å². The lowest BCUT2D eigenvalue weighted by Crippen LogP contribution is -2.42. The molecule has 2 aromatic carbocycles. The quantitative estimate of drug-likeness (QED) is 0.592. The number of hydrogen-bond acceptors (Lipinski definition) is 4. The van der Waals surface area contributed by atoms with Gasteiger partial charge in [-0.25, -0.2) is 13.1 Å². The van der Waals surface area contributed by atoms with Crippen LogP contribution in [-0.4, -0.2) is 26.3 Å². The van der Waals surface area contributed by atoms with Crippen LogP contribution in [0.2, 0.25) is 0 Å². The molecule has 2 N–H and O–H groups in total. The first-order valence-electron chi connectivity index (χ1n) is 10.5. The molecule has 5 nitrogen and oxygen atoms in total. The number of hydrogen-bond donors (Lipinski definition) is 2. The molecule has 0 aromatic heterocycles. The number of nitrogens with one attached hydrogen (secondary N) is 2. The fourth-order valence-electron chi connectivity index (χ4n) is 3.58. The van der Waals surface area contributed by atoms with Gasteiger partial charge < -0.3 is 10.1 Å². The molecule has 1 fully saturated rings. The van der Waals surface area contributed by atoms with E-state index in [1.165, 1.54) is 0 Å². The van der Waals surface area contributed by atoms with E-state index in [-0.39, 0.29) is 11.3 Å². The van der Waals surface area contributed by atoms with Gasteiger partial charge in [0.25, 0.3) is 0 Å². The topological polar surface area (TPSA) is 67.4 Å². The number of para-hydroxylation sites is 1. The van der Waals surface area contributed by atoms with Gasteiger partial charge in [-0.1, -0.05) is 25.1 Å². The second-order valence-electron chi connectivity index (χ2n) is 7.92. The lowest BCUT2D eigenvalue weighted by Gasteiger charge is -2.30. The largest absolute Gasteiger partial charge is 0.457 e. The Morgan fingerprint density at radius 3 is 2.21 bits per heavy atom. The predicted molar refractivity (Wildman–Crippen MR) is 119 cm³/mol. The van der Waals surface area contributed by atoms with Gasteiger partial charge >= 0.3 is 0 Å². The predicted octanol–water partition coefficient (Wildman–Crippen LogP) is 5.17. The minimum absolute atomic E-state index is 0.0830. The van der Waals surface area contributed by atoms with Crippen molar-refractivity contribution in [2.75, 3.05) is 11.9 Å². The summed E-state index contributed by atoms with van der Waals surface area (Å²) >= 11 is 0. The molecule has 1 aliphatic carbocycles. The van der Waals surface area contributed by atoms with E-state index in [1.54, 1.807) is 6.92 Å². The Labute approximate surface area is 174 Å². The Bertz CT molecular complexity index is 845. The normalized spacial score (nSPS) is 20.8. The maximum absolute atomic E-state index is 12.2. The van der Waals surface area contributed by atoms with E-state index in [9.17, 15) is 8.42 Å². The van der Waals surface area contributed by atoms with Crippen molar-refractivity contribution in [2.45, 2.75) is 57.2 Å². The van der Waals surface area contributed by atoms with Crippen LogP contribution in [-0.2, 0) is 10.0 Å². The third-order valence-corrected chi connectivity index (χ3v) is 7.77. The Balaban J connectivity index is 1.41. The summed E-state index contributed by atoms with van der Waals surface area (Å²) in [6, 6.07) is 17.8. The highest BCUT2D eigenvalue weighted by molar-refractivity contribution is 7.90. The maximum Gasteiger partial charge on any atom is 0.214 e. The number of rotatable bonds is 9. The van der Waals surface area contributed by atoms with Crippen LogP contribution in [0.1, 0.15) is 46.0 Å². The standard InChI is InChI=1S/C23H32N2O3S/c1-3-18(2)29(26,27)25-21-11-9-19(10-12-21)17-24-20-13-15-23(16-14-20)28-22-7-5-4-6-8-22/h4-8,13-16,18-19,21,24-25H,3,9-12,17H2,1-2H3. The molecule has 0 amide bonds. The molecule has 0 aliphatic heterocycles. The van der Waals surface area contributed by atoms with Gasteiger partial charge in [-0.2, -0.15) is 0 Å². The van der Waals surface area contributed by atoms with Gasteiger partial charge in [-0.15, -0.1) is 0 Å². The summed E-state index contributed by atoms with van der Waals surface area (Å²) in [6.45, 7) is 4.59. The SMILES string of the molecule is CCC(C)S(=O)(=O)NC1CCC(CNc2ccc(Oc3ccccc3)cc2)CC1. The summed E-state index contributed by atoms with van der Waals surface area (Å²) in [4.78, 5) is 0. The van der Waals surface area contributed by atoms with E-state index in [4.69, 9.17) is 4.74 Å². The molecule has 3 rings (SSSR count). The first-order chi connectivity index (χ1) is 14.0. The summed E-state index contributed by atoms with van der Waals surface area (Å²) in [5.74, 6) is 2.21. The fraction of sp³-hybridized carbons (Fsp3) is 0.478. The average molecular weight is 417 g/mol. The molecule has 0 spiro atoms. The van der Waals surface area contributed by atoms with Crippen molar-refractivity contribution >= 4 is 15.7 Å². The third kappa shape index (κ3) is 6.47. The van der Waals surface area contributed by atoms with Gasteiger partial charge in [-0.3, -0.25) is 0 Å². The van der Waals surface area contributed by atoms with Gasteiger partial charge in [0, 0.05) is 18.3 Å². The molecule has 1 saturated carbocycles. The van der Waals surface area contributed by atoms with E-state index in [1.807, 2.05) is 61.5 Å². The van der Waals surface area contributed by atoms with E-state index < -0.39 is 10.0 Å². The summed E-state index contributed by atoms with van der Waals surface area (Å²) in [7, 11) is -3.19. The molecule has 6 heteroatoms. The summed E-state index contributed by atoms with van der Waals surface area (Å²) in [5, 5.41) is 3.18. The van der Waals surface area contributed by atoms with Crippen LogP contribution in [0.5, 0.6) is 11.5 Å². The van der Waals surface area contributed by atoms with Crippen molar-refractivity contribution in [2.24, 2.45) is 5.92 Å². The molecule has 0 heterocycles. The van der Waals surface area contributed by atoms with Gasteiger partial charge in [0.2, 0.25) is 10.0 Å². The molecule has 0 bridgehead atoms. The molecule has 1 atom stereocenters. The maximum atomic E-state index is 12.2. The molecule has 158 valence electrons. The van der Waals surface area contributed by atoms with Crippen LogP contribution >= 0.6 is 0 Å². The smallest absolute Gasteiger partial charge is 0.214 e.